The number of nitrogens with zero attached hydrogens (tertiary/aromatic N) is 3. The summed E-state index contributed by atoms with van der Waals surface area (Å²) in [6, 6.07) is 23.0. The van der Waals surface area contributed by atoms with Crippen molar-refractivity contribution in [3.8, 4) is 5.75 Å². The van der Waals surface area contributed by atoms with E-state index in [2.05, 4.69) is 63.3 Å². The van der Waals surface area contributed by atoms with Crippen LogP contribution in [0.5, 0.6) is 5.75 Å². The molecule has 4 rings (SSSR count). The Morgan fingerprint density at radius 3 is 2.32 bits per heavy atom. The molecule has 0 spiro atoms. The molecule has 0 saturated carbocycles. The molecule has 0 N–H and O–H groups in total. The monoisotopic (exact) mass is 391 g/mol. The number of benzene rings is 2. The van der Waals surface area contributed by atoms with E-state index >= 15 is 0 Å². The Labute approximate surface area is 171 Å². The second kappa shape index (κ2) is 9.13. The summed E-state index contributed by atoms with van der Waals surface area (Å²) in [5, 5.41) is 0. The highest BCUT2D eigenvalue weighted by molar-refractivity contribution is 7.99. The van der Waals surface area contributed by atoms with Gasteiger partial charge in [-0.15, -0.1) is 0 Å². The third-order valence-corrected chi connectivity index (χ3v) is 6.18. The molecule has 0 radical (unpaired) electrons. The van der Waals surface area contributed by atoms with Gasteiger partial charge < -0.3 is 9.64 Å². The molecule has 0 amide bonds. The van der Waals surface area contributed by atoms with Gasteiger partial charge in [-0.2, -0.15) is 0 Å². The van der Waals surface area contributed by atoms with Crippen molar-refractivity contribution >= 4 is 17.6 Å². The van der Waals surface area contributed by atoms with Crippen molar-refractivity contribution in [3.63, 3.8) is 0 Å². The minimum absolute atomic E-state index is 0.922. The molecule has 1 aliphatic heterocycles. The van der Waals surface area contributed by atoms with Crippen LogP contribution in [0.3, 0.4) is 0 Å². The van der Waals surface area contributed by atoms with Crippen molar-refractivity contribution in [2.75, 3.05) is 38.2 Å². The summed E-state index contributed by atoms with van der Waals surface area (Å²) in [6.07, 6.45) is 1.87. The Morgan fingerprint density at radius 1 is 0.857 bits per heavy atom. The van der Waals surface area contributed by atoms with Gasteiger partial charge in [0.1, 0.15) is 11.6 Å². The predicted octanol–water partition coefficient (Wildman–Crippen LogP) is 4.56. The summed E-state index contributed by atoms with van der Waals surface area (Å²) < 4.78 is 5.52. The molecule has 0 aliphatic carbocycles. The summed E-state index contributed by atoms with van der Waals surface area (Å²) in [5.74, 6) is 2.00. The van der Waals surface area contributed by atoms with E-state index in [0.29, 0.717) is 0 Å². The number of anilines is 1. The van der Waals surface area contributed by atoms with Gasteiger partial charge in [0.25, 0.3) is 0 Å². The zero-order valence-corrected chi connectivity index (χ0v) is 16.9. The summed E-state index contributed by atoms with van der Waals surface area (Å²) in [4.78, 5) is 11.8. The van der Waals surface area contributed by atoms with E-state index in [1.807, 2.05) is 24.4 Å². The maximum Gasteiger partial charge on any atom is 0.132 e. The van der Waals surface area contributed by atoms with Gasteiger partial charge in [-0.25, -0.2) is 4.98 Å². The smallest absolute Gasteiger partial charge is 0.132 e. The molecule has 5 heteroatoms. The van der Waals surface area contributed by atoms with Crippen LogP contribution in [0.1, 0.15) is 5.56 Å². The maximum absolute atomic E-state index is 5.52. The lowest BCUT2D eigenvalue weighted by atomic mass is 10.2. The predicted molar refractivity (Wildman–Crippen MR) is 115 cm³/mol. The molecule has 28 heavy (non-hydrogen) atoms. The lowest BCUT2D eigenvalue weighted by molar-refractivity contribution is 0.247. The number of hydrogen-bond donors (Lipinski definition) is 0. The Balaban J connectivity index is 1.42. The molecular weight excluding hydrogens is 366 g/mol. The minimum Gasteiger partial charge on any atom is -0.496 e. The molecule has 2 heterocycles. The molecule has 1 aromatic heterocycles. The largest absolute Gasteiger partial charge is 0.496 e. The quantitative estimate of drug-likeness (QED) is 0.614. The van der Waals surface area contributed by atoms with Crippen LogP contribution in [0, 0.1) is 0 Å². The molecule has 4 nitrogen and oxygen atoms in total. The van der Waals surface area contributed by atoms with E-state index < -0.39 is 0 Å². The lowest BCUT2D eigenvalue weighted by Gasteiger charge is -2.35. The number of rotatable bonds is 6. The van der Waals surface area contributed by atoms with Crippen molar-refractivity contribution < 1.29 is 4.74 Å². The van der Waals surface area contributed by atoms with Gasteiger partial charge >= 0.3 is 0 Å². The van der Waals surface area contributed by atoms with Crippen LogP contribution in [-0.2, 0) is 6.54 Å². The van der Waals surface area contributed by atoms with Crippen molar-refractivity contribution in [2.24, 2.45) is 0 Å². The van der Waals surface area contributed by atoms with Crippen molar-refractivity contribution in [2.45, 2.75) is 16.3 Å². The summed E-state index contributed by atoms with van der Waals surface area (Å²) in [5.41, 5.74) is 1.37. The number of para-hydroxylation sites is 1. The fraction of sp³-hybridized carbons (Fsp3) is 0.261. The molecule has 1 fully saturated rings. The summed E-state index contributed by atoms with van der Waals surface area (Å²) in [7, 11) is 1.73. The first kappa shape index (κ1) is 18.8. The van der Waals surface area contributed by atoms with Crippen LogP contribution < -0.4 is 9.64 Å². The molecule has 144 valence electrons. The SMILES string of the molecule is COc1ccccc1Sc1ccccc1CN1CCN(c2ccccn2)CC1. The van der Waals surface area contributed by atoms with Crippen molar-refractivity contribution in [3.05, 3.63) is 78.5 Å². The Morgan fingerprint density at radius 2 is 1.57 bits per heavy atom. The van der Waals surface area contributed by atoms with Gasteiger partial charge in [0.15, 0.2) is 0 Å². The first-order valence-corrected chi connectivity index (χ1v) is 10.4. The van der Waals surface area contributed by atoms with Crippen LogP contribution in [0.4, 0.5) is 5.82 Å². The fourth-order valence-corrected chi connectivity index (χ4v) is 4.52. The van der Waals surface area contributed by atoms with Crippen molar-refractivity contribution in [1.29, 1.82) is 0 Å². The van der Waals surface area contributed by atoms with E-state index in [1.165, 1.54) is 10.5 Å². The normalized spacial score (nSPS) is 14.8. The molecule has 0 atom stereocenters. The van der Waals surface area contributed by atoms with E-state index in [1.54, 1.807) is 18.9 Å². The van der Waals surface area contributed by atoms with Crippen LogP contribution in [0.15, 0.2) is 82.7 Å². The number of aromatic nitrogens is 1. The Bertz CT molecular complexity index is 895. The average Bonchev–Trinajstić information content (AvgIpc) is 2.77. The second-order valence-electron chi connectivity index (χ2n) is 6.81. The summed E-state index contributed by atoms with van der Waals surface area (Å²) >= 11 is 1.78. The molecule has 3 aromatic rings. The van der Waals surface area contributed by atoms with Gasteiger partial charge in [0.05, 0.1) is 12.0 Å². The average molecular weight is 392 g/mol. The number of piperazine rings is 1. The van der Waals surface area contributed by atoms with E-state index in [9.17, 15) is 0 Å². The molecule has 1 aliphatic rings. The van der Waals surface area contributed by atoms with Gasteiger partial charge in [0.2, 0.25) is 0 Å². The lowest BCUT2D eigenvalue weighted by Crippen LogP contribution is -2.46. The first-order chi connectivity index (χ1) is 13.8. The molecular formula is C23H25N3OS. The van der Waals surface area contributed by atoms with Gasteiger partial charge in [0, 0.05) is 43.8 Å². The first-order valence-electron chi connectivity index (χ1n) is 9.60. The third-order valence-electron chi connectivity index (χ3n) is 5.00. The Kier molecular flexibility index (Phi) is 6.14. The zero-order chi connectivity index (χ0) is 19.2. The zero-order valence-electron chi connectivity index (χ0n) is 16.1. The topological polar surface area (TPSA) is 28.6 Å². The molecule has 1 saturated heterocycles. The second-order valence-corrected chi connectivity index (χ2v) is 7.90. The van der Waals surface area contributed by atoms with Crippen LogP contribution in [-0.4, -0.2) is 43.2 Å². The number of methoxy groups -OCH3 is 1. The van der Waals surface area contributed by atoms with E-state index in [-0.39, 0.29) is 0 Å². The minimum atomic E-state index is 0.922. The fourth-order valence-electron chi connectivity index (χ4n) is 3.47. The summed E-state index contributed by atoms with van der Waals surface area (Å²) in [6.45, 7) is 5.08. The highest BCUT2D eigenvalue weighted by Crippen LogP contribution is 2.36. The van der Waals surface area contributed by atoms with Gasteiger partial charge in [-0.3, -0.25) is 4.90 Å². The van der Waals surface area contributed by atoms with Gasteiger partial charge in [-0.05, 0) is 35.9 Å². The van der Waals surface area contributed by atoms with Crippen LogP contribution >= 0.6 is 11.8 Å². The number of ether oxygens (including phenoxy) is 1. The van der Waals surface area contributed by atoms with Crippen molar-refractivity contribution in [1.82, 2.24) is 9.88 Å². The third kappa shape index (κ3) is 4.49. The van der Waals surface area contributed by atoms with E-state index in [0.717, 1.165) is 49.2 Å². The molecule has 2 aromatic carbocycles. The Hall–Kier alpha value is -2.50. The van der Waals surface area contributed by atoms with Crippen LogP contribution in [0.2, 0.25) is 0 Å². The molecule has 0 unspecified atom stereocenters. The highest BCUT2D eigenvalue weighted by Gasteiger charge is 2.19. The molecule has 0 bridgehead atoms. The number of pyridine rings is 1. The maximum atomic E-state index is 5.52. The van der Waals surface area contributed by atoms with E-state index in [4.69, 9.17) is 4.74 Å². The standard InChI is InChI=1S/C23H25N3OS/c1-27-20-9-3-5-11-22(20)28-21-10-4-2-8-19(21)18-25-14-16-26(17-15-25)23-12-6-7-13-24-23/h2-13H,14-18H2,1H3. The number of hydrogen-bond acceptors (Lipinski definition) is 5. The van der Waals surface area contributed by atoms with Gasteiger partial charge in [-0.1, -0.05) is 48.2 Å². The van der Waals surface area contributed by atoms with Crippen LogP contribution in [0.25, 0.3) is 0 Å². The highest BCUT2D eigenvalue weighted by atomic mass is 32.2.